The molecule has 0 rings (SSSR count). The van der Waals surface area contributed by atoms with Crippen LogP contribution in [-0.4, -0.2) is 25.2 Å². The van der Waals surface area contributed by atoms with E-state index >= 15 is 0 Å². The average Bonchev–Trinajstić information content (AvgIpc) is 1.88. The molecule has 1 unspecified atom stereocenters. The number of nitrogens with one attached hydrogen (secondary N) is 1. The van der Waals surface area contributed by atoms with Gasteiger partial charge in [0.05, 0.1) is 6.17 Å². The van der Waals surface area contributed by atoms with Gasteiger partial charge in [0.25, 0.3) is 0 Å². The Kier molecular flexibility index (Phi) is 4.12. The highest BCUT2D eigenvalue weighted by atomic mass is 15.2. The monoisotopic (exact) mass is 142 g/mol. The maximum atomic E-state index is 3.70. The summed E-state index contributed by atoms with van der Waals surface area (Å²) in [5, 5.41) is 3.21. The molecule has 0 amide bonds. The molecule has 0 aromatic carbocycles. The SMILES string of the molecule is C=CN(C)C(NC)C(C)C. The van der Waals surface area contributed by atoms with Gasteiger partial charge < -0.3 is 10.2 Å². The zero-order valence-electron chi connectivity index (χ0n) is 7.39. The fourth-order valence-electron chi connectivity index (χ4n) is 1.12. The summed E-state index contributed by atoms with van der Waals surface area (Å²) in [6.07, 6.45) is 2.23. The molecule has 0 aliphatic carbocycles. The second-order valence-electron chi connectivity index (χ2n) is 2.83. The smallest absolute Gasteiger partial charge is 0.0807 e. The second kappa shape index (κ2) is 4.34. The minimum absolute atomic E-state index is 0.400. The molecule has 1 atom stereocenters. The predicted molar refractivity (Wildman–Crippen MR) is 45.6 cm³/mol. The van der Waals surface area contributed by atoms with E-state index in [2.05, 4.69) is 30.6 Å². The summed E-state index contributed by atoms with van der Waals surface area (Å²) in [6.45, 7) is 8.06. The molecule has 0 radical (unpaired) electrons. The Morgan fingerprint density at radius 1 is 1.50 bits per heavy atom. The first kappa shape index (κ1) is 9.50. The van der Waals surface area contributed by atoms with E-state index in [9.17, 15) is 0 Å². The van der Waals surface area contributed by atoms with Gasteiger partial charge in [0.2, 0.25) is 0 Å². The molecule has 10 heavy (non-hydrogen) atoms. The van der Waals surface area contributed by atoms with Crippen LogP contribution < -0.4 is 5.32 Å². The molecular formula is C8H18N2. The fraction of sp³-hybridized carbons (Fsp3) is 0.750. The molecule has 0 aliphatic heterocycles. The topological polar surface area (TPSA) is 15.3 Å². The van der Waals surface area contributed by atoms with Crippen LogP contribution in [0.4, 0.5) is 0 Å². The molecular weight excluding hydrogens is 124 g/mol. The van der Waals surface area contributed by atoms with E-state index in [0.717, 1.165) is 0 Å². The van der Waals surface area contributed by atoms with E-state index in [1.165, 1.54) is 0 Å². The summed E-state index contributed by atoms with van der Waals surface area (Å²) in [5.41, 5.74) is 0. The van der Waals surface area contributed by atoms with Crippen molar-refractivity contribution in [1.82, 2.24) is 10.2 Å². The van der Waals surface area contributed by atoms with Crippen LogP contribution in [0.1, 0.15) is 13.8 Å². The van der Waals surface area contributed by atoms with Crippen molar-refractivity contribution in [3.8, 4) is 0 Å². The molecule has 0 spiro atoms. The van der Waals surface area contributed by atoms with Gasteiger partial charge in [0.1, 0.15) is 0 Å². The summed E-state index contributed by atoms with van der Waals surface area (Å²) in [7, 11) is 3.98. The third-order valence-corrected chi connectivity index (χ3v) is 1.65. The van der Waals surface area contributed by atoms with E-state index in [-0.39, 0.29) is 0 Å². The van der Waals surface area contributed by atoms with Gasteiger partial charge in [0, 0.05) is 7.05 Å². The summed E-state index contributed by atoms with van der Waals surface area (Å²) in [4.78, 5) is 2.07. The fourth-order valence-corrected chi connectivity index (χ4v) is 1.12. The number of rotatable bonds is 4. The van der Waals surface area contributed by atoms with Gasteiger partial charge in [-0.05, 0) is 19.2 Å². The van der Waals surface area contributed by atoms with Gasteiger partial charge in [-0.3, -0.25) is 0 Å². The standard InChI is InChI=1S/C8H18N2/c1-6-10(5)8(9-4)7(2)3/h6-9H,1H2,2-5H3. The Morgan fingerprint density at radius 2 is 2.00 bits per heavy atom. The van der Waals surface area contributed by atoms with Crippen molar-refractivity contribution in [2.45, 2.75) is 20.0 Å². The number of nitrogens with zero attached hydrogens (tertiary/aromatic N) is 1. The van der Waals surface area contributed by atoms with E-state index in [1.54, 1.807) is 0 Å². The highest BCUT2D eigenvalue weighted by Gasteiger charge is 2.11. The van der Waals surface area contributed by atoms with Crippen LogP contribution in [0.2, 0.25) is 0 Å². The summed E-state index contributed by atoms with van der Waals surface area (Å²) in [5.74, 6) is 0.605. The second-order valence-corrected chi connectivity index (χ2v) is 2.83. The van der Waals surface area contributed by atoms with Crippen molar-refractivity contribution in [1.29, 1.82) is 0 Å². The maximum Gasteiger partial charge on any atom is 0.0807 e. The van der Waals surface area contributed by atoms with Crippen LogP contribution in [0.15, 0.2) is 12.8 Å². The van der Waals surface area contributed by atoms with Crippen molar-refractivity contribution < 1.29 is 0 Å². The lowest BCUT2D eigenvalue weighted by Gasteiger charge is -2.29. The highest BCUT2D eigenvalue weighted by molar-refractivity contribution is 4.75. The third-order valence-electron chi connectivity index (χ3n) is 1.65. The summed E-state index contributed by atoms with van der Waals surface area (Å²) >= 11 is 0. The van der Waals surface area contributed by atoms with Crippen LogP contribution in [0.25, 0.3) is 0 Å². The van der Waals surface area contributed by atoms with Crippen molar-refractivity contribution in [2.75, 3.05) is 14.1 Å². The first-order valence-corrected chi connectivity index (χ1v) is 3.65. The molecule has 0 aromatic rings. The Balaban J connectivity index is 3.92. The van der Waals surface area contributed by atoms with Crippen molar-refractivity contribution in [3.05, 3.63) is 12.8 Å². The highest BCUT2D eigenvalue weighted by Crippen LogP contribution is 2.04. The largest absolute Gasteiger partial charge is 0.365 e. The van der Waals surface area contributed by atoms with Crippen molar-refractivity contribution in [3.63, 3.8) is 0 Å². The molecule has 1 N–H and O–H groups in total. The molecule has 0 fully saturated rings. The van der Waals surface area contributed by atoms with Crippen molar-refractivity contribution >= 4 is 0 Å². The van der Waals surface area contributed by atoms with Crippen LogP contribution >= 0.6 is 0 Å². The zero-order chi connectivity index (χ0) is 8.15. The molecule has 2 nitrogen and oxygen atoms in total. The zero-order valence-corrected chi connectivity index (χ0v) is 7.39. The lowest BCUT2D eigenvalue weighted by Crippen LogP contribution is -2.42. The molecule has 0 aliphatic rings. The van der Waals surface area contributed by atoms with Gasteiger partial charge in [-0.1, -0.05) is 20.4 Å². The quantitative estimate of drug-likeness (QED) is 0.594. The molecule has 2 heteroatoms. The van der Waals surface area contributed by atoms with E-state index in [4.69, 9.17) is 0 Å². The van der Waals surface area contributed by atoms with Gasteiger partial charge in [0.15, 0.2) is 0 Å². The lowest BCUT2D eigenvalue weighted by atomic mass is 10.1. The first-order valence-electron chi connectivity index (χ1n) is 3.65. The Bertz CT molecular complexity index is 99.4. The molecule has 0 saturated heterocycles. The Morgan fingerprint density at radius 3 is 2.10 bits per heavy atom. The molecule has 0 bridgehead atoms. The maximum absolute atomic E-state index is 3.70. The molecule has 60 valence electrons. The number of hydrogen-bond acceptors (Lipinski definition) is 2. The average molecular weight is 142 g/mol. The summed E-state index contributed by atoms with van der Waals surface area (Å²) < 4.78 is 0. The van der Waals surface area contributed by atoms with Crippen molar-refractivity contribution in [2.24, 2.45) is 5.92 Å². The Hall–Kier alpha value is -0.500. The minimum Gasteiger partial charge on any atom is -0.365 e. The van der Waals surface area contributed by atoms with Crippen LogP contribution in [0.3, 0.4) is 0 Å². The Labute approximate surface area is 63.9 Å². The van der Waals surface area contributed by atoms with Gasteiger partial charge in [-0.25, -0.2) is 0 Å². The van der Waals surface area contributed by atoms with Gasteiger partial charge >= 0.3 is 0 Å². The van der Waals surface area contributed by atoms with E-state index in [0.29, 0.717) is 12.1 Å². The van der Waals surface area contributed by atoms with Crippen LogP contribution in [-0.2, 0) is 0 Å². The minimum atomic E-state index is 0.400. The van der Waals surface area contributed by atoms with Crippen LogP contribution in [0.5, 0.6) is 0 Å². The van der Waals surface area contributed by atoms with E-state index in [1.807, 2.05) is 20.3 Å². The van der Waals surface area contributed by atoms with Gasteiger partial charge in [-0.2, -0.15) is 0 Å². The third kappa shape index (κ3) is 2.40. The van der Waals surface area contributed by atoms with Gasteiger partial charge in [-0.15, -0.1) is 0 Å². The normalized spacial score (nSPS) is 13.3. The molecule has 0 saturated carbocycles. The molecule has 0 heterocycles. The first-order chi connectivity index (χ1) is 4.63. The lowest BCUT2D eigenvalue weighted by molar-refractivity contribution is 0.226. The van der Waals surface area contributed by atoms with Crippen LogP contribution in [0, 0.1) is 5.92 Å². The summed E-state index contributed by atoms with van der Waals surface area (Å²) in [6, 6.07) is 0. The van der Waals surface area contributed by atoms with E-state index < -0.39 is 0 Å². The predicted octanol–water partition coefficient (Wildman–Crippen LogP) is 1.26. The molecule has 0 aromatic heterocycles. The number of hydrogen-bond donors (Lipinski definition) is 1.